The van der Waals surface area contributed by atoms with Gasteiger partial charge in [-0.3, -0.25) is 4.79 Å². The first-order chi connectivity index (χ1) is 10.7. The molecule has 22 heavy (non-hydrogen) atoms. The lowest BCUT2D eigenvalue weighted by Gasteiger charge is -2.07. The van der Waals surface area contributed by atoms with Crippen molar-refractivity contribution >= 4 is 16.7 Å². The second kappa shape index (κ2) is 5.93. The number of ketones is 1. The molecule has 0 aliphatic heterocycles. The number of hydrogen-bond acceptors (Lipinski definition) is 4. The van der Waals surface area contributed by atoms with Crippen LogP contribution in [0.1, 0.15) is 28.8 Å². The minimum atomic E-state index is -0.107. The van der Waals surface area contributed by atoms with E-state index in [0.29, 0.717) is 23.7 Å². The smallest absolute Gasteiger partial charge is 0.212 e. The van der Waals surface area contributed by atoms with E-state index in [4.69, 9.17) is 4.74 Å². The number of aromatic nitrogens is 2. The largest absolute Gasteiger partial charge is 0.494 e. The summed E-state index contributed by atoms with van der Waals surface area (Å²) in [4.78, 5) is 21.5. The van der Waals surface area contributed by atoms with Gasteiger partial charge in [-0.2, -0.15) is 0 Å². The number of benzene rings is 2. The number of carbonyl (C=O) groups excluding carboxylic acids is 1. The molecule has 0 saturated carbocycles. The van der Waals surface area contributed by atoms with E-state index in [0.717, 1.165) is 16.7 Å². The molecular weight excluding hydrogens is 276 g/mol. The first-order valence-corrected chi connectivity index (χ1v) is 7.20. The van der Waals surface area contributed by atoms with Gasteiger partial charge in [-0.15, -0.1) is 0 Å². The highest BCUT2D eigenvalue weighted by molar-refractivity contribution is 6.14. The summed E-state index contributed by atoms with van der Waals surface area (Å²) in [6.45, 7) is 4.32. The summed E-state index contributed by atoms with van der Waals surface area (Å²) in [5.74, 6) is 1.24. The highest BCUT2D eigenvalue weighted by Crippen LogP contribution is 2.20. The fourth-order valence-corrected chi connectivity index (χ4v) is 2.37. The van der Waals surface area contributed by atoms with E-state index >= 15 is 0 Å². The molecule has 0 unspecified atom stereocenters. The summed E-state index contributed by atoms with van der Waals surface area (Å²) in [5, 5.41) is 0.770. The first kappa shape index (κ1) is 14.2. The Kier molecular flexibility index (Phi) is 3.83. The molecule has 0 aliphatic carbocycles. The Balaban J connectivity index is 2.05. The summed E-state index contributed by atoms with van der Waals surface area (Å²) in [6, 6.07) is 14.7. The molecule has 1 aromatic heterocycles. The molecule has 4 heteroatoms. The summed E-state index contributed by atoms with van der Waals surface area (Å²) < 4.78 is 5.40. The van der Waals surface area contributed by atoms with Crippen molar-refractivity contribution in [2.45, 2.75) is 13.8 Å². The molecule has 0 amide bonds. The minimum absolute atomic E-state index is 0.107. The molecule has 1 heterocycles. The normalized spacial score (nSPS) is 10.6. The molecule has 110 valence electrons. The van der Waals surface area contributed by atoms with E-state index < -0.39 is 0 Å². The van der Waals surface area contributed by atoms with Crippen LogP contribution in [0.3, 0.4) is 0 Å². The summed E-state index contributed by atoms with van der Waals surface area (Å²) in [7, 11) is 0. The predicted molar refractivity (Wildman–Crippen MR) is 85.3 cm³/mol. The molecule has 0 spiro atoms. The molecule has 3 aromatic rings. The van der Waals surface area contributed by atoms with Crippen LogP contribution in [0.15, 0.2) is 48.5 Å². The topological polar surface area (TPSA) is 52.1 Å². The van der Waals surface area contributed by atoms with Crippen molar-refractivity contribution < 1.29 is 9.53 Å². The van der Waals surface area contributed by atoms with E-state index in [9.17, 15) is 4.79 Å². The maximum absolute atomic E-state index is 12.8. The zero-order valence-corrected chi connectivity index (χ0v) is 12.5. The van der Waals surface area contributed by atoms with Gasteiger partial charge in [0.05, 0.1) is 12.1 Å². The third-order valence-corrected chi connectivity index (χ3v) is 3.36. The van der Waals surface area contributed by atoms with E-state index in [-0.39, 0.29) is 5.78 Å². The number of hydrogen-bond donors (Lipinski definition) is 0. The molecule has 3 rings (SSSR count). The average molecular weight is 292 g/mol. The van der Waals surface area contributed by atoms with Crippen LogP contribution in [0.25, 0.3) is 10.9 Å². The Morgan fingerprint density at radius 2 is 1.77 bits per heavy atom. The number of rotatable bonds is 4. The van der Waals surface area contributed by atoms with Crippen LogP contribution in [-0.2, 0) is 0 Å². The standard InChI is InChI=1S/C18H16N2O2/c1-3-22-14-10-8-13(9-11-14)18(21)17-15-6-4-5-7-16(15)19-12(2)20-17/h4-11H,3H2,1-2H3. The number of aryl methyl sites for hydroxylation is 1. The Labute approximate surface area is 128 Å². The van der Waals surface area contributed by atoms with Crippen LogP contribution >= 0.6 is 0 Å². The van der Waals surface area contributed by atoms with Gasteiger partial charge in [-0.1, -0.05) is 18.2 Å². The number of fused-ring (bicyclic) bond motifs is 1. The van der Waals surface area contributed by atoms with Crippen molar-refractivity contribution in [2.75, 3.05) is 6.61 Å². The maximum atomic E-state index is 12.8. The third-order valence-electron chi connectivity index (χ3n) is 3.36. The lowest BCUT2D eigenvalue weighted by molar-refractivity contribution is 0.103. The monoisotopic (exact) mass is 292 g/mol. The second-order valence-corrected chi connectivity index (χ2v) is 4.92. The maximum Gasteiger partial charge on any atom is 0.212 e. The minimum Gasteiger partial charge on any atom is -0.494 e. The van der Waals surface area contributed by atoms with Crippen LogP contribution < -0.4 is 4.74 Å². The summed E-state index contributed by atoms with van der Waals surface area (Å²) >= 11 is 0. The zero-order valence-electron chi connectivity index (χ0n) is 12.5. The second-order valence-electron chi connectivity index (χ2n) is 4.92. The molecule has 0 atom stereocenters. The fraction of sp³-hybridized carbons (Fsp3) is 0.167. The molecule has 0 fully saturated rings. The number of nitrogens with zero attached hydrogens (tertiary/aromatic N) is 2. The van der Waals surface area contributed by atoms with Crippen molar-refractivity contribution in [1.29, 1.82) is 0 Å². The van der Waals surface area contributed by atoms with Gasteiger partial charge in [0.2, 0.25) is 5.78 Å². The molecule has 0 saturated heterocycles. The van der Waals surface area contributed by atoms with Gasteiger partial charge in [0.25, 0.3) is 0 Å². The summed E-state index contributed by atoms with van der Waals surface area (Å²) in [5.41, 5.74) is 1.81. The molecule has 4 nitrogen and oxygen atoms in total. The molecule has 0 N–H and O–H groups in total. The van der Waals surface area contributed by atoms with E-state index in [2.05, 4.69) is 9.97 Å². The van der Waals surface area contributed by atoms with Crippen molar-refractivity contribution in [3.63, 3.8) is 0 Å². The van der Waals surface area contributed by atoms with Crippen LogP contribution in [-0.4, -0.2) is 22.4 Å². The van der Waals surface area contributed by atoms with Crippen molar-refractivity contribution in [1.82, 2.24) is 9.97 Å². The predicted octanol–water partition coefficient (Wildman–Crippen LogP) is 3.57. The SMILES string of the molecule is CCOc1ccc(C(=O)c2nc(C)nc3ccccc23)cc1. The Bertz CT molecular complexity index is 826. The van der Waals surface area contributed by atoms with Crippen LogP contribution in [0, 0.1) is 6.92 Å². The lowest BCUT2D eigenvalue weighted by atomic mass is 10.0. The average Bonchev–Trinajstić information content (AvgIpc) is 2.54. The van der Waals surface area contributed by atoms with Crippen molar-refractivity contribution in [3.05, 3.63) is 65.6 Å². The van der Waals surface area contributed by atoms with Crippen LogP contribution in [0.4, 0.5) is 0 Å². The van der Waals surface area contributed by atoms with E-state index in [1.54, 1.807) is 31.2 Å². The van der Waals surface area contributed by atoms with Gasteiger partial charge < -0.3 is 4.74 Å². The fourth-order valence-electron chi connectivity index (χ4n) is 2.37. The Morgan fingerprint density at radius 3 is 2.50 bits per heavy atom. The number of carbonyl (C=O) groups is 1. The van der Waals surface area contributed by atoms with Gasteiger partial charge in [0, 0.05) is 10.9 Å². The number of para-hydroxylation sites is 1. The van der Waals surface area contributed by atoms with Gasteiger partial charge in [-0.05, 0) is 44.2 Å². The third kappa shape index (κ3) is 2.68. The van der Waals surface area contributed by atoms with Gasteiger partial charge in [-0.25, -0.2) is 9.97 Å². The van der Waals surface area contributed by atoms with Crippen molar-refractivity contribution in [3.8, 4) is 5.75 Å². The molecule has 0 bridgehead atoms. The lowest BCUT2D eigenvalue weighted by Crippen LogP contribution is -2.07. The Hall–Kier alpha value is -2.75. The van der Waals surface area contributed by atoms with Gasteiger partial charge in [0.1, 0.15) is 17.3 Å². The molecule has 0 aliphatic rings. The molecule has 2 aromatic carbocycles. The van der Waals surface area contributed by atoms with E-state index in [1.165, 1.54) is 0 Å². The van der Waals surface area contributed by atoms with Gasteiger partial charge >= 0.3 is 0 Å². The van der Waals surface area contributed by atoms with E-state index in [1.807, 2.05) is 31.2 Å². The Morgan fingerprint density at radius 1 is 1.05 bits per heavy atom. The highest BCUT2D eigenvalue weighted by atomic mass is 16.5. The summed E-state index contributed by atoms with van der Waals surface area (Å²) in [6.07, 6.45) is 0. The quantitative estimate of drug-likeness (QED) is 0.690. The molecule has 0 radical (unpaired) electrons. The highest BCUT2D eigenvalue weighted by Gasteiger charge is 2.15. The van der Waals surface area contributed by atoms with Gasteiger partial charge in [0.15, 0.2) is 0 Å². The van der Waals surface area contributed by atoms with Crippen LogP contribution in [0.2, 0.25) is 0 Å². The zero-order chi connectivity index (χ0) is 15.5. The van der Waals surface area contributed by atoms with Crippen LogP contribution in [0.5, 0.6) is 5.75 Å². The molecular formula is C18H16N2O2. The van der Waals surface area contributed by atoms with Crippen molar-refractivity contribution in [2.24, 2.45) is 0 Å². The number of ether oxygens (including phenoxy) is 1. The first-order valence-electron chi connectivity index (χ1n) is 7.20.